The first-order valence-electron chi connectivity index (χ1n) is 8.04. The minimum Gasteiger partial charge on any atom is -0.371 e. The third-order valence-corrected chi connectivity index (χ3v) is 4.31. The van der Waals surface area contributed by atoms with Crippen molar-refractivity contribution in [2.24, 2.45) is 0 Å². The van der Waals surface area contributed by atoms with Gasteiger partial charge in [0.15, 0.2) is 0 Å². The summed E-state index contributed by atoms with van der Waals surface area (Å²) in [5.74, 6) is 1.81. The summed E-state index contributed by atoms with van der Waals surface area (Å²) in [5.41, 5.74) is 1.28. The molecule has 2 aromatic heterocycles. The maximum absolute atomic E-state index is 4.64. The van der Waals surface area contributed by atoms with E-state index in [1.807, 2.05) is 18.6 Å². The first kappa shape index (κ1) is 14.1. The lowest BCUT2D eigenvalue weighted by Gasteiger charge is -2.34. The fourth-order valence-electron chi connectivity index (χ4n) is 3.18. The molecule has 21 heavy (non-hydrogen) atoms. The molecule has 4 heteroatoms. The topological polar surface area (TPSA) is 34.0 Å². The van der Waals surface area contributed by atoms with Gasteiger partial charge in [-0.1, -0.05) is 13.3 Å². The summed E-state index contributed by atoms with van der Waals surface area (Å²) < 4.78 is 2.35. The molecule has 1 aliphatic rings. The molecule has 0 unspecified atom stereocenters. The van der Waals surface area contributed by atoms with Gasteiger partial charge in [0.05, 0.1) is 0 Å². The van der Waals surface area contributed by atoms with Gasteiger partial charge in [-0.2, -0.15) is 0 Å². The Hall–Kier alpha value is -1.84. The summed E-state index contributed by atoms with van der Waals surface area (Å²) >= 11 is 0. The zero-order valence-electron chi connectivity index (χ0n) is 12.8. The van der Waals surface area contributed by atoms with Crippen molar-refractivity contribution in [3.8, 4) is 0 Å². The quantitative estimate of drug-likeness (QED) is 0.843. The molecule has 3 heterocycles. The summed E-state index contributed by atoms with van der Waals surface area (Å²) in [7, 11) is 0. The van der Waals surface area contributed by atoms with Crippen molar-refractivity contribution >= 4 is 5.69 Å². The Labute approximate surface area is 126 Å². The number of nitrogens with zero attached hydrogens (tertiary/aromatic N) is 4. The molecular weight excluding hydrogens is 260 g/mol. The van der Waals surface area contributed by atoms with E-state index in [0.29, 0.717) is 5.92 Å². The highest BCUT2D eigenvalue weighted by Crippen LogP contribution is 2.29. The lowest BCUT2D eigenvalue weighted by atomic mass is 9.96. The molecule has 0 spiro atoms. The summed E-state index contributed by atoms with van der Waals surface area (Å²) in [6.45, 7) is 5.53. The van der Waals surface area contributed by atoms with Crippen molar-refractivity contribution in [1.29, 1.82) is 0 Å². The van der Waals surface area contributed by atoms with Crippen LogP contribution in [0.3, 0.4) is 0 Å². The smallest absolute Gasteiger partial charge is 0.113 e. The molecule has 1 fully saturated rings. The van der Waals surface area contributed by atoms with Crippen molar-refractivity contribution < 1.29 is 0 Å². The lowest BCUT2D eigenvalue weighted by molar-refractivity contribution is 0.466. The monoisotopic (exact) mass is 284 g/mol. The number of hydrogen-bond donors (Lipinski definition) is 0. The number of anilines is 1. The third-order valence-electron chi connectivity index (χ3n) is 4.31. The van der Waals surface area contributed by atoms with Crippen LogP contribution >= 0.6 is 0 Å². The number of aryl methyl sites for hydroxylation is 1. The van der Waals surface area contributed by atoms with Crippen LogP contribution in [0.1, 0.15) is 44.3 Å². The number of piperidine rings is 1. The van der Waals surface area contributed by atoms with Crippen molar-refractivity contribution in [2.75, 3.05) is 18.0 Å². The normalized spacial score (nSPS) is 18.9. The number of unbranched alkanes of at least 4 members (excludes halogenated alkanes) is 1. The van der Waals surface area contributed by atoms with Crippen LogP contribution in [0.5, 0.6) is 0 Å². The molecular formula is C17H24N4. The van der Waals surface area contributed by atoms with Crippen molar-refractivity contribution in [1.82, 2.24) is 14.5 Å². The van der Waals surface area contributed by atoms with Gasteiger partial charge in [-0.05, 0) is 31.4 Å². The van der Waals surface area contributed by atoms with E-state index in [1.165, 1.54) is 37.2 Å². The second-order valence-corrected chi connectivity index (χ2v) is 5.82. The van der Waals surface area contributed by atoms with E-state index in [0.717, 1.165) is 19.6 Å². The molecule has 1 atom stereocenters. The molecule has 1 saturated heterocycles. The van der Waals surface area contributed by atoms with Crippen LogP contribution in [-0.2, 0) is 6.54 Å². The highest BCUT2D eigenvalue weighted by atomic mass is 15.2. The molecule has 112 valence electrons. The largest absolute Gasteiger partial charge is 0.371 e. The standard InChI is InChI=1S/C17H24N4/c1-2-3-11-20-13-10-19-17(20)15-5-4-12-21(14-15)16-6-8-18-9-7-16/h6-10,13,15H,2-5,11-12,14H2,1H3/t15-/m0/s1. The van der Waals surface area contributed by atoms with Gasteiger partial charge in [-0.25, -0.2) is 4.98 Å². The summed E-state index contributed by atoms with van der Waals surface area (Å²) in [6.07, 6.45) is 12.8. The highest BCUT2D eigenvalue weighted by molar-refractivity contribution is 5.45. The van der Waals surface area contributed by atoms with Crippen LogP contribution in [0.4, 0.5) is 5.69 Å². The van der Waals surface area contributed by atoms with Gasteiger partial charge < -0.3 is 9.47 Å². The Morgan fingerprint density at radius 1 is 1.24 bits per heavy atom. The Morgan fingerprint density at radius 2 is 2.10 bits per heavy atom. The molecule has 0 aliphatic carbocycles. The van der Waals surface area contributed by atoms with Crippen LogP contribution in [-0.4, -0.2) is 27.6 Å². The van der Waals surface area contributed by atoms with Crippen LogP contribution in [0, 0.1) is 0 Å². The molecule has 0 bridgehead atoms. The molecule has 0 aromatic carbocycles. The predicted molar refractivity (Wildman–Crippen MR) is 85.6 cm³/mol. The number of rotatable bonds is 5. The maximum Gasteiger partial charge on any atom is 0.113 e. The number of imidazole rings is 1. The van der Waals surface area contributed by atoms with Gasteiger partial charge >= 0.3 is 0 Å². The van der Waals surface area contributed by atoms with Crippen molar-refractivity contribution in [2.45, 2.75) is 45.1 Å². The average molecular weight is 284 g/mol. The van der Waals surface area contributed by atoms with Crippen LogP contribution in [0.2, 0.25) is 0 Å². The van der Waals surface area contributed by atoms with E-state index in [-0.39, 0.29) is 0 Å². The van der Waals surface area contributed by atoms with E-state index >= 15 is 0 Å². The average Bonchev–Trinajstić information content (AvgIpc) is 3.02. The molecule has 2 aromatic rings. The van der Waals surface area contributed by atoms with Gasteiger partial charge in [0.25, 0.3) is 0 Å². The van der Waals surface area contributed by atoms with Gasteiger partial charge in [0, 0.05) is 56.0 Å². The van der Waals surface area contributed by atoms with Gasteiger partial charge in [-0.3, -0.25) is 4.98 Å². The zero-order valence-corrected chi connectivity index (χ0v) is 12.8. The first-order chi connectivity index (χ1) is 10.4. The van der Waals surface area contributed by atoms with Gasteiger partial charge in [0.2, 0.25) is 0 Å². The van der Waals surface area contributed by atoms with Crippen LogP contribution in [0.25, 0.3) is 0 Å². The fourth-order valence-corrected chi connectivity index (χ4v) is 3.18. The molecule has 1 aliphatic heterocycles. The molecule has 4 nitrogen and oxygen atoms in total. The number of pyridine rings is 1. The second-order valence-electron chi connectivity index (χ2n) is 5.82. The van der Waals surface area contributed by atoms with Gasteiger partial charge in [0.1, 0.15) is 5.82 Å². The molecule has 0 N–H and O–H groups in total. The van der Waals surface area contributed by atoms with Crippen LogP contribution in [0.15, 0.2) is 36.9 Å². The SMILES string of the molecule is CCCCn1ccnc1[C@H]1CCCN(c2ccncc2)C1. The first-order valence-corrected chi connectivity index (χ1v) is 8.04. The van der Waals surface area contributed by atoms with E-state index in [2.05, 4.69) is 44.7 Å². The Morgan fingerprint density at radius 3 is 2.90 bits per heavy atom. The Balaban J connectivity index is 1.73. The van der Waals surface area contributed by atoms with E-state index in [9.17, 15) is 0 Å². The van der Waals surface area contributed by atoms with Crippen molar-refractivity contribution in [3.05, 3.63) is 42.7 Å². The Kier molecular flexibility index (Phi) is 4.53. The van der Waals surface area contributed by atoms with E-state index in [4.69, 9.17) is 0 Å². The van der Waals surface area contributed by atoms with Crippen molar-refractivity contribution in [3.63, 3.8) is 0 Å². The minimum absolute atomic E-state index is 0.541. The van der Waals surface area contributed by atoms with E-state index < -0.39 is 0 Å². The van der Waals surface area contributed by atoms with Gasteiger partial charge in [-0.15, -0.1) is 0 Å². The molecule has 0 radical (unpaired) electrons. The van der Waals surface area contributed by atoms with E-state index in [1.54, 1.807) is 0 Å². The zero-order chi connectivity index (χ0) is 14.5. The fraction of sp³-hybridized carbons (Fsp3) is 0.529. The van der Waals surface area contributed by atoms with Crippen LogP contribution < -0.4 is 4.90 Å². The molecule has 0 amide bonds. The molecule has 0 saturated carbocycles. The highest BCUT2D eigenvalue weighted by Gasteiger charge is 2.24. The number of hydrogen-bond acceptors (Lipinski definition) is 3. The minimum atomic E-state index is 0.541. The second kappa shape index (κ2) is 6.74. The maximum atomic E-state index is 4.64. The Bertz CT molecular complexity index is 549. The third kappa shape index (κ3) is 3.26. The summed E-state index contributed by atoms with van der Waals surface area (Å²) in [4.78, 5) is 11.2. The summed E-state index contributed by atoms with van der Waals surface area (Å²) in [6, 6.07) is 4.21. The molecule has 3 rings (SSSR count). The predicted octanol–water partition coefficient (Wildman–Crippen LogP) is 3.46. The number of aromatic nitrogens is 3. The summed E-state index contributed by atoms with van der Waals surface area (Å²) in [5, 5.41) is 0. The lowest BCUT2D eigenvalue weighted by Crippen LogP contribution is -2.35.